The molecule has 2 aromatic rings. The van der Waals surface area contributed by atoms with E-state index in [9.17, 15) is 0 Å². The second-order valence-corrected chi connectivity index (χ2v) is 5.34. The highest BCUT2D eigenvalue weighted by molar-refractivity contribution is 7.09. The number of nitrogens with one attached hydrogen (secondary N) is 1. The zero-order chi connectivity index (χ0) is 14.0. The SMILES string of the molecule is CCNC(c1nc(C)cs1)c1c(C)nn(C)c1OC. The first-order chi connectivity index (χ1) is 9.08. The molecular weight excluding hydrogens is 260 g/mol. The van der Waals surface area contributed by atoms with Crippen LogP contribution >= 0.6 is 11.3 Å². The molecule has 0 aliphatic carbocycles. The van der Waals surface area contributed by atoms with Gasteiger partial charge in [0.2, 0.25) is 5.88 Å². The van der Waals surface area contributed by atoms with Gasteiger partial charge in [0.25, 0.3) is 0 Å². The number of thiazole rings is 1. The van der Waals surface area contributed by atoms with E-state index in [-0.39, 0.29) is 6.04 Å². The molecule has 0 radical (unpaired) electrons. The highest BCUT2D eigenvalue weighted by Gasteiger charge is 2.26. The van der Waals surface area contributed by atoms with Gasteiger partial charge in [-0.15, -0.1) is 11.3 Å². The topological polar surface area (TPSA) is 52.0 Å². The molecule has 0 saturated carbocycles. The molecule has 0 aliphatic heterocycles. The maximum Gasteiger partial charge on any atom is 0.216 e. The lowest BCUT2D eigenvalue weighted by Crippen LogP contribution is -2.23. The molecule has 0 bridgehead atoms. The number of hydrogen-bond acceptors (Lipinski definition) is 5. The number of aromatic nitrogens is 3. The van der Waals surface area contributed by atoms with Crippen LogP contribution in [0.2, 0.25) is 0 Å². The summed E-state index contributed by atoms with van der Waals surface area (Å²) in [6.45, 7) is 6.96. The molecule has 0 saturated heterocycles. The average Bonchev–Trinajstić information content (AvgIpc) is 2.90. The molecule has 1 unspecified atom stereocenters. The van der Waals surface area contributed by atoms with E-state index in [4.69, 9.17) is 4.74 Å². The third-order valence-electron chi connectivity index (χ3n) is 2.99. The fourth-order valence-corrected chi connectivity index (χ4v) is 3.13. The molecule has 19 heavy (non-hydrogen) atoms. The lowest BCUT2D eigenvalue weighted by Gasteiger charge is -2.16. The molecule has 0 aliphatic rings. The van der Waals surface area contributed by atoms with Crippen molar-refractivity contribution in [3.63, 3.8) is 0 Å². The van der Waals surface area contributed by atoms with E-state index in [1.807, 2.05) is 20.9 Å². The van der Waals surface area contributed by atoms with Gasteiger partial charge in [-0.05, 0) is 20.4 Å². The number of nitrogens with zero attached hydrogens (tertiary/aromatic N) is 3. The van der Waals surface area contributed by atoms with Crippen molar-refractivity contribution in [2.24, 2.45) is 7.05 Å². The highest BCUT2D eigenvalue weighted by atomic mass is 32.1. The van der Waals surface area contributed by atoms with Gasteiger partial charge in [0.1, 0.15) is 5.01 Å². The summed E-state index contributed by atoms with van der Waals surface area (Å²) in [6, 6.07) is 0.0346. The van der Waals surface area contributed by atoms with Gasteiger partial charge in [-0.25, -0.2) is 9.67 Å². The number of hydrogen-bond donors (Lipinski definition) is 1. The van der Waals surface area contributed by atoms with Gasteiger partial charge in [0.15, 0.2) is 0 Å². The minimum absolute atomic E-state index is 0.0346. The van der Waals surface area contributed by atoms with Gasteiger partial charge < -0.3 is 10.1 Å². The van der Waals surface area contributed by atoms with E-state index < -0.39 is 0 Å². The first kappa shape index (κ1) is 14.0. The zero-order valence-electron chi connectivity index (χ0n) is 12.0. The maximum absolute atomic E-state index is 5.49. The van der Waals surface area contributed by atoms with Crippen LogP contribution in [0.1, 0.15) is 34.9 Å². The fourth-order valence-electron chi connectivity index (χ4n) is 2.25. The monoisotopic (exact) mass is 280 g/mol. The van der Waals surface area contributed by atoms with Crippen molar-refractivity contribution >= 4 is 11.3 Å². The van der Waals surface area contributed by atoms with Crippen LogP contribution in [0.3, 0.4) is 0 Å². The number of rotatable bonds is 5. The standard InChI is InChI=1S/C13H20N4OS/c1-6-14-11(12-15-8(2)7-19-12)10-9(3)16-17(4)13(10)18-5/h7,11,14H,6H2,1-5H3. The summed E-state index contributed by atoms with van der Waals surface area (Å²) in [6.07, 6.45) is 0. The van der Waals surface area contributed by atoms with Gasteiger partial charge in [0.05, 0.1) is 24.4 Å². The Kier molecular flexibility index (Phi) is 4.21. The molecule has 6 heteroatoms. The third kappa shape index (κ3) is 2.64. The molecule has 2 rings (SSSR count). The molecule has 0 spiro atoms. The van der Waals surface area contributed by atoms with Crippen molar-refractivity contribution in [3.8, 4) is 5.88 Å². The maximum atomic E-state index is 5.49. The van der Waals surface area contributed by atoms with E-state index in [1.165, 1.54) is 0 Å². The summed E-state index contributed by atoms with van der Waals surface area (Å²) >= 11 is 1.66. The first-order valence-electron chi connectivity index (χ1n) is 6.31. The van der Waals surface area contributed by atoms with Gasteiger partial charge >= 0.3 is 0 Å². The quantitative estimate of drug-likeness (QED) is 0.912. The van der Waals surface area contributed by atoms with Crippen LogP contribution in [0.25, 0.3) is 0 Å². The summed E-state index contributed by atoms with van der Waals surface area (Å²) in [7, 11) is 3.57. The number of ether oxygens (including phenoxy) is 1. The second-order valence-electron chi connectivity index (χ2n) is 4.45. The van der Waals surface area contributed by atoms with Crippen LogP contribution in [0.4, 0.5) is 0 Å². The molecule has 1 N–H and O–H groups in total. The second kappa shape index (κ2) is 5.71. The molecule has 2 heterocycles. The first-order valence-corrected chi connectivity index (χ1v) is 7.19. The highest BCUT2D eigenvalue weighted by Crippen LogP contribution is 2.33. The Morgan fingerprint density at radius 1 is 1.47 bits per heavy atom. The van der Waals surface area contributed by atoms with Gasteiger partial charge in [-0.1, -0.05) is 6.92 Å². The average molecular weight is 280 g/mol. The molecule has 104 valence electrons. The molecule has 1 atom stereocenters. The van der Waals surface area contributed by atoms with E-state index in [0.717, 1.165) is 34.4 Å². The normalized spacial score (nSPS) is 12.7. The summed E-state index contributed by atoms with van der Waals surface area (Å²) in [4.78, 5) is 4.60. The molecule has 2 aromatic heterocycles. The van der Waals surface area contributed by atoms with Crippen molar-refractivity contribution in [2.75, 3.05) is 13.7 Å². The summed E-state index contributed by atoms with van der Waals surface area (Å²) in [5.41, 5.74) is 3.09. The Labute approximate surface area is 117 Å². The van der Waals surface area contributed by atoms with Crippen molar-refractivity contribution in [1.29, 1.82) is 0 Å². The van der Waals surface area contributed by atoms with E-state index in [0.29, 0.717) is 0 Å². The van der Waals surface area contributed by atoms with Gasteiger partial charge in [-0.3, -0.25) is 0 Å². The fraction of sp³-hybridized carbons (Fsp3) is 0.538. The number of aryl methyl sites for hydroxylation is 3. The molecule has 0 fully saturated rings. The summed E-state index contributed by atoms with van der Waals surface area (Å²) in [5, 5.41) is 11.0. The Bertz CT molecular complexity index is 561. The van der Waals surface area contributed by atoms with Crippen molar-refractivity contribution in [2.45, 2.75) is 26.8 Å². The minimum atomic E-state index is 0.0346. The largest absolute Gasteiger partial charge is 0.481 e. The number of methoxy groups -OCH3 is 1. The van der Waals surface area contributed by atoms with Crippen LogP contribution in [-0.4, -0.2) is 28.4 Å². The third-order valence-corrected chi connectivity index (χ3v) is 4.02. The Morgan fingerprint density at radius 3 is 2.74 bits per heavy atom. The van der Waals surface area contributed by atoms with Crippen molar-refractivity contribution < 1.29 is 4.74 Å². The van der Waals surface area contributed by atoms with E-state index in [2.05, 4.69) is 27.7 Å². The van der Waals surface area contributed by atoms with Crippen LogP contribution in [0, 0.1) is 13.8 Å². The molecule has 5 nitrogen and oxygen atoms in total. The lowest BCUT2D eigenvalue weighted by molar-refractivity contribution is 0.365. The minimum Gasteiger partial charge on any atom is -0.481 e. The predicted molar refractivity (Wildman–Crippen MR) is 76.9 cm³/mol. The zero-order valence-corrected chi connectivity index (χ0v) is 12.8. The molecule has 0 amide bonds. The van der Waals surface area contributed by atoms with Crippen molar-refractivity contribution in [1.82, 2.24) is 20.1 Å². The van der Waals surface area contributed by atoms with Crippen LogP contribution in [0.5, 0.6) is 5.88 Å². The Hall–Kier alpha value is -1.40. The molecule has 0 aromatic carbocycles. The van der Waals surface area contributed by atoms with E-state index in [1.54, 1.807) is 23.1 Å². The Balaban J connectivity index is 2.50. The van der Waals surface area contributed by atoms with E-state index >= 15 is 0 Å². The Morgan fingerprint density at radius 2 is 2.21 bits per heavy atom. The van der Waals surface area contributed by atoms with Crippen molar-refractivity contribution in [3.05, 3.63) is 27.3 Å². The molecular formula is C13H20N4OS. The predicted octanol–water partition coefficient (Wildman–Crippen LogP) is 2.20. The smallest absolute Gasteiger partial charge is 0.216 e. The summed E-state index contributed by atoms with van der Waals surface area (Å²) in [5.74, 6) is 0.788. The van der Waals surface area contributed by atoms with Gasteiger partial charge in [-0.2, -0.15) is 5.10 Å². The van der Waals surface area contributed by atoms with Crippen LogP contribution < -0.4 is 10.1 Å². The summed E-state index contributed by atoms with van der Waals surface area (Å²) < 4.78 is 7.26. The van der Waals surface area contributed by atoms with Crippen LogP contribution in [0.15, 0.2) is 5.38 Å². The van der Waals surface area contributed by atoms with Gasteiger partial charge in [0, 0.05) is 18.1 Å². The van der Waals surface area contributed by atoms with Crippen LogP contribution in [-0.2, 0) is 7.05 Å². The lowest BCUT2D eigenvalue weighted by atomic mass is 10.1.